The number of amides is 2. The van der Waals surface area contributed by atoms with Gasteiger partial charge in [0.05, 0.1) is 0 Å². The van der Waals surface area contributed by atoms with Gasteiger partial charge in [-0.25, -0.2) is 9.59 Å². The number of carbonyl (C=O) groups excluding carboxylic acids is 1. The van der Waals surface area contributed by atoms with E-state index in [-0.39, 0.29) is 19.0 Å². The first-order valence-electron chi connectivity index (χ1n) is 5.00. The van der Waals surface area contributed by atoms with Gasteiger partial charge >= 0.3 is 12.0 Å². The number of rotatable bonds is 7. The predicted molar refractivity (Wildman–Crippen MR) is 54.6 cm³/mol. The number of urea groups is 1. The first-order valence-corrected chi connectivity index (χ1v) is 5.00. The van der Waals surface area contributed by atoms with Crippen molar-refractivity contribution in [1.29, 1.82) is 0 Å². The third kappa shape index (κ3) is 7.75. The van der Waals surface area contributed by atoms with Crippen molar-refractivity contribution >= 4 is 12.0 Å². The van der Waals surface area contributed by atoms with Crippen LogP contribution in [0.2, 0.25) is 0 Å². The van der Waals surface area contributed by atoms with Gasteiger partial charge in [0.25, 0.3) is 0 Å². The summed E-state index contributed by atoms with van der Waals surface area (Å²) in [6.45, 7) is 2.76. The summed E-state index contributed by atoms with van der Waals surface area (Å²) in [5.41, 5.74) is 0. The molecule has 0 saturated carbocycles. The monoisotopic (exact) mass is 218 g/mol. The molecule has 88 valence electrons. The molecule has 6 nitrogen and oxygen atoms in total. The number of hydrogen-bond donors (Lipinski definition) is 4. The van der Waals surface area contributed by atoms with E-state index >= 15 is 0 Å². The zero-order chi connectivity index (χ0) is 11.7. The highest BCUT2D eigenvalue weighted by atomic mass is 16.4. The van der Waals surface area contributed by atoms with Crippen LogP contribution in [0.3, 0.4) is 0 Å². The van der Waals surface area contributed by atoms with E-state index in [0.717, 1.165) is 12.8 Å². The first kappa shape index (κ1) is 13.7. The van der Waals surface area contributed by atoms with Crippen molar-refractivity contribution in [3.05, 3.63) is 0 Å². The standard InChI is InChI=1S/C9H18N2O4/c1-2-3-5-10-9(15)11-6-4-7(12)8(13)14/h7,12H,2-6H2,1H3,(H,13,14)(H2,10,11,15). The molecule has 0 heterocycles. The maximum atomic E-state index is 11.0. The topological polar surface area (TPSA) is 98.7 Å². The van der Waals surface area contributed by atoms with Gasteiger partial charge in [-0.2, -0.15) is 0 Å². The molecule has 0 rings (SSSR count). The Kier molecular flexibility index (Phi) is 7.35. The summed E-state index contributed by atoms with van der Waals surface area (Å²) in [7, 11) is 0. The van der Waals surface area contributed by atoms with Crippen LogP contribution in [0.1, 0.15) is 26.2 Å². The van der Waals surface area contributed by atoms with Crippen molar-refractivity contribution in [2.24, 2.45) is 0 Å². The molecule has 0 spiro atoms. The Labute approximate surface area is 88.7 Å². The quantitative estimate of drug-likeness (QED) is 0.449. The molecular weight excluding hydrogens is 200 g/mol. The van der Waals surface area contributed by atoms with Gasteiger partial charge in [-0.3, -0.25) is 0 Å². The molecule has 0 radical (unpaired) electrons. The Morgan fingerprint density at radius 3 is 2.40 bits per heavy atom. The molecule has 0 aromatic rings. The number of aliphatic hydroxyl groups excluding tert-OH is 1. The average molecular weight is 218 g/mol. The second-order valence-electron chi connectivity index (χ2n) is 3.18. The highest BCUT2D eigenvalue weighted by Crippen LogP contribution is 1.89. The van der Waals surface area contributed by atoms with Crippen LogP contribution in [0.15, 0.2) is 0 Å². The summed E-state index contributed by atoms with van der Waals surface area (Å²) < 4.78 is 0. The summed E-state index contributed by atoms with van der Waals surface area (Å²) >= 11 is 0. The van der Waals surface area contributed by atoms with Crippen LogP contribution in [-0.4, -0.2) is 41.4 Å². The van der Waals surface area contributed by atoms with Crippen molar-refractivity contribution in [1.82, 2.24) is 10.6 Å². The summed E-state index contributed by atoms with van der Waals surface area (Å²) in [5.74, 6) is -1.27. The first-order chi connectivity index (χ1) is 7.07. The van der Waals surface area contributed by atoms with Crippen molar-refractivity contribution in [2.75, 3.05) is 13.1 Å². The molecule has 6 heteroatoms. The average Bonchev–Trinajstić information content (AvgIpc) is 2.18. The van der Waals surface area contributed by atoms with Crippen molar-refractivity contribution in [2.45, 2.75) is 32.3 Å². The zero-order valence-electron chi connectivity index (χ0n) is 8.82. The van der Waals surface area contributed by atoms with E-state index in [9.17, 15) is 9.59 Å². The molecule has 15 heavy (non-hydrogen) atoms. The second kappa shape index (κ2) is 8.05. The van der Waals surface area contributed by atoms with E-state index in [1.54, 1.807) is 0 Å². The third-order valence-electron chi connectivity index (χ3n) is 1.80. The van der Waals surface area contributed by atoms with E-state index < -0.39 is 12.1 Å². The lowest BCUT2D eigenvalue weighted by Gasteiger charge is -2.08. The number of aliphatic hydroxyl groups is 1. The van der Waals surface area contributed by atoms with E-state index in [2.05, 4.69) is 10.6 Å². The summed E-state index contributed by atoms with van der Waals surface area (Å²) in [5, 5.41) is 22.3. The van der Waals surface area contributed by atoms with Crippen LogP contribution in [0.5, 0.6) is 0 Å². The van der Waals surface area contributed by atoms with Crippen LogP contribution in [0, 0.1) is 0 Å². The molecule has 0 fully saturated rings. The molecule has 0 aliphatic rings. The van der Waals surface area contributed by atoms with E-state index in [1.165, 1.54) is 0 Å². The van der Waals surface area contributed by atoms with Crippen LogP contribution in [0.25, 0.3) is 0 Å². The fourth-order valence-corrected chi connectivity index (χ4v) is 0.887. The lowest BCUT2D eigenvalue weighted by Crippen LogP contribution is -2.38. The largest absolute Gasteiger partial charge is 0.479 e. The Morgan fingerprint density at radius 1 is 1.27 bits per heavy atom. The minimum absolute atomic E-state index is 0.0104. The fourth-order valence-electron chi connectivity index (χ4n) is 0.887. The molecule has 0 saturated heterocycles. The van der Waals surface area contributed by atoms with Gasteiger partial charge in [-0.1, -0.05) is 13.3 Å². The third-order valence-corrected chi connectivity index (χ3v) is 1.80. The van der Waals surface area contributed by atoms with E-state index in [0.29, 0.717) is 6.54 Å². The van der Waals surface area contributed by atoms with Gasteiger partial charge in [-0.15, -0.1) is 0 Å². The number of hydrogen-bond acceptors (Lipinski definition) is 3. The number of carboxylic acid groups (broad SMARTS) is 1. The van der Waals surface area contributed by atoms with Crippen LogP contribution in [0.4, 0.5) is 4.79 Å². The summed E-state index contributed by atoms with van der Waals surface area (Å²) in [4.78, 5) is 21.2. The Balaban J connectivity index is 3.42. The molecule has 1 atom stereocenters. The summed E-state index contributed by atoms with van der Waals surface area (Å²) in [6.07, 6.45) is 0.501. The van der Waals surface area contributed by atoms with Gasteiger partial charge in [0, 0.05) is 19.5 Å². The minimum atomic E-state index is -1.42. The smallest absolute Gasteiger partial charge is 0.332 e. The molecule has 1 unspecified atom stereocenters. The van der Waals surface area contributed by atoms with Gasteiger partial charge < -0.3 is 20.8 Å². The molecule has 0 aromatic heterocycles. The maximum Gasteiger partial charge on any atom is 0.332 e. The van der Waals surface area contributed by atoms with Crippen molar-refractivity contribution < 1.29 is 19.8 Å². The minimum Gasteiger partial charge on any atom is -0.479 e. The zero-order valence-corrected chi connectivity index (χ0v) is 8.82. The van der Waals surface area contributed by atoms with Crippen LogP contribution in [-0.2, 0) is 4.79 Å². The van der Waals surface area contributed by atoms with Crippen molar-refractivity contribution in [3.63, 3.8) is 0 Å². The number of carboxylic acids is 1. The highest BCUT2D eigenvalue weighted by Gasteiger charge is 2.12. The van der Waals surface area contributed by atoms with Crippen molar-refractivity contribution in [3.8, 4) is 0 Å². The molecular formula is C9H18N2O4. The summed E-state index contributed by atoms with van der Waals surface area (Å²) in [6, 6.07) is -0.332. The Bertz CT molecular complexity index is 208. The number of carbonyl (C=O) groups is 2. The van der Waals surface area contributed by atoms with Crippen LogP contribution < -0.4 is 10.6 Å². The number of aliphatic carboxylic acids is 1. The van der Waals surface area contributed by atoms with Gasteiger partial charge in [0.1, 0.15) is 0 Å². The van der Waals surface area contributed by atoms with Gasteiger partial charge in [-0.05, 0) is 6.42 Å². The SMILES string of the molecule is CCCCNC(=O)NCCC(O)C(=O)O. The fraction of sp³-hybridized carbons (Fsp3) is 0.778. The molecule has 0 aliphatic heterocycles. The van der Waals surface area contributed by atoms with Crippen LogP contribution >= 0.6 is 0 Å². The number of nitrogens with one attached hydrogen (secondary N) is 2. The number of unbranched alkanes of at least 4 members (excludes halogenated alkanes) is 1. The lowest BCUT2D eigenvalue weighted by atomic mass is 10.2. The van der Waals surface area contributed by atoms with Gasteiger partial charge in [0.2, 0.25) is 0 Å². The Hall–Kier alpha value is -1.30. The second-order valence-corrected chi connectivity index (χ2v) is 3.18. The van der Waals surface area contributed by atoms with E-state index in [1.807, 2.05) is 6.92 Å². The molecule has 4 N–H and O–H groups in total. The normalized spacial score (nSPS) is 11.9. The maximum absolute atomic E-state index is 11.0. The molecule has 0 bridgehead atoms. The molecule has 2 amide bonds. The Morgan fingerprint density at radius 2 is 1.87 bits per heavy atom. The lowest BCUT2D eigenvalue weighted by molar-refractivity contribution is -0.146. The predicted octanol–water partition coefficient (Wildman–Crippen LogP) is -0.0787. The van der Waals surface area contributed by atoms with Gasteiger partial charge in [0.15, 0.2) is 6.10 Å². The van der Waals surface area contributed by atoms with E-state index in [4.69, 9.17) is 10.2 Å². The molecule has 0 aliphatic carbocycles. The highest BCUT2D eigenvalue weighted by molar-refractivity contribution is 5.74. The molecule has 0 aromatic carbocycles.